The summed E-state index contributed by atoms with van der Waals surface area (Å²) in [7, 11) is 0. The Morgan fingerprint density at radius 2 is 2.31 bits per heavy atom. The smallest absolute Gasteiger partial charge is 0.256 e. The molecule has 1 aliphatic rings. The maximum atomic E-state index is 13.4. The molecule has 0 unspecified atom stereocenters. The Morgan fingerprint density at radius 3 is 2.88 bits per heavy atom. The third-order valence-electron chi connectivity index (χ3n) is 2.69. The average Bonchev–Trinajstić information content (AvgIpc) is 2.64. The molecule has 0 saturated carbocycles. The fourth-order valence-corrected chi connectivity index (χ4v) is 1.82. The molecule has 1 amide bonds. The first-order valence-corrected chi connectivity index (χ1v) is 5.11. The van der Waals surface area contributed by atoms with Crippen molar-refractivity contribution < 1.29 is 14.3 Å². The summed E-state index contributed by atoms with van der Waals surface area (Å²) >= 11 is 0. The van der Waals surface area contributed by atoms with Crippen LogP contribution in [0.25, 0.3) is 0 Å². The number of nitrogens with two attached hydrogens (primary N) is 1. The van der Waals surface area contributed by atoms with E-state index in [1.807, 2.05) is 0 Å². The van der Waals surface area contributed by atoms with E-state index in [4.69, 9.17) is 10.8 Å². The molecule has 16 heavy (non-hydrogen) atoms. The van der Waals surface area contributed by atoms with E-state index in [2.05, 4.69) is 0 Å². The molecule has 86 valence electrons. The number of likely N-dealkylation sites (tertiary alicyclic amines) is 1. The van der Waals surface area contributed by atoms with E-state index < -0.39 is 5.82 Å². The second kappa shape index (κ2) is 4.09. The average molecular weight is 224 g/mol. The van der Waals surface area contributed by atoms with E-state index in [1.165, 1.54) is 17.0 Å². The highest BCUT2D eigenvalue weighted by Gasteiger charge is 2.26. The monoisotopic (exact) mass is 224 g/mol. The Kier molecular flexibility index (Phi) is 2.78. The number of nitrogens with zero attached hydrogens (tertiary/aromatic N) is 1. The lowest BCUT2D eigenvalue weighted by molar-refractivity contribution is 0.0786. The van der Waals surface area contributed by atoms with Crippen LogP contribution in [0.2, 0.25) is 0 Å². The number of hydrogen-bond acceptors (Lipinski definition) is 3. The summed E-state index contributed by atoms with van der Waals surface area (Å²) in [5, 5.41) is 9.04. The van der Waals surface area contributed by atoms with Crippen LogP contribution in [0.4, 0.5) is 4.39 Å². The van der Waals surface area contributed by atoms with Crippen molar-refractivity contribution in [1.29, 1.82) is 0 Å². The van der Waals surface area contributed by atoms with Crippen LogP contribution in [0, 0.1) is 5.82 Å². The summed E-state index contributed by atoms with van der Waals surface area (Å²) in [4.78, 5) is 13.4. The van der Waals surface area contributed by atoms with E-state index in [9.17, 15) is 9.18 Å². The maximum absolute atomic E-state index is 13.4. The maximum Gasteiger partial charge on any atom is 0.256 e. The fraction of sp³-hybridized carbons (Fsp3) is 0.364. The summed E-state index contributed by atoms with van der Waals surface area (Å²) in [6.45, 7) is 1.01. The van der Waals surface area contributed by atoms with Crippen LogP contribution in [0.1, 0.15) is 16.8 Å². The van der Waals surface area contributed by atoms with Gasteiger partial charge in [-0.25, -0.2) is 4.39 Å². The highest BCUT2D eigenvalue weighted by Crippen LogP contribution is 2.18. The number of hydrogen-bond donors (Lipinski definition) is 2. The van der Waals surface area contributed by atoms with Gasteiger partial charge in [0.2, 0.25) is 0 Å². The van der Waals surface area contributed by atoms with E-state index in [-0.39, 0.29) is 23.3 Å². The predicted octanol–water partition coefficient (Wildman–Crippen LogP) is 0.704. The normalized spacial score (nSPS) is 20.1. The molecule has 1 heterocycles. The van der Waals surface area contributed by atoms with Crippen LogP contribution in [-0.2, 0) is 0 Å². The molecular weight excluding hydrogens is 211 g/mol. The molecule has 1 aromatic rings. The van der Waals surface area contributed by atoms with Crippen molar-refractivity contribution in [2.75, 3.05) is 13.1 Å². The molecule has 1 fully saturated rings. The first-order chi connectivity index (χ1) is 7.58. The molecule has 0 radical (unpaired) electrons. The van der Waals surface area contributed by atoms with Gasteiger partial charge in [0.25, 0.3) is 5.91 Å². The summed E-state index contributed by atoms with van der Waals surface area (Å²) in [6.07, 6.45) is 0.742. The minimum Gasteiger partial charge on any atom is -0.508 e. The molecule has 4 nitrogen and oxygen atoms in total. The number of aromatic hydroxyl groups is 1. The third kappa shape index (κ3) is 1.99. The number of halogens is 1. The van der Waals surface area contributed by atoms with Gasteiger partial charge in [0.15, 0.2) is 0 Å². The van der Waals surface area contributed by atoms with Crippen molar-refractivity contribution in [2.45, 2.75) is 12.5 Å². The topological polar surface area (TPSA) is 66.6 Å². The van der Waals surface area contributed by atoms with E-state index in [0.717, 1.165) is 12.5 Å². The summed E-state index contributed by atoms with van der Waals surface area (Å²) in [5.41, 5.74) is 5.65. The van der Waals surface area contributed by atoms with Crippen LogP contribution in [0.3, 0.4) is 0 Å². The van der Waals surface area contributed by atoms with Gasteiger partial charge >= 0.3 is 0 Å². The third-order valence-corrected chi connectivity index (χ3v) is 2.69. The van der Waals surface area contributed by atoms with E-state index >= 15 is 0 Å². The molecule has 5 heteroatoms. The molecular formula is C11H13FN2O2. The van der Waals surface area contributed by atoms with Crippen molar-refractivity contribution in [3.8, 4) is 5.75 Å². The zero-order valence-corrected chi connectivity index (χ0v) is 8.69. The minimum atomic E-state index is -0.703. The Morgan fingerprint density at radius 1 is 1.56 bits per heavy atom. The van der Waals surface area contributed by atoms with Gasteiger partial charge < -0.3 is 15.7 Å². The van der Waals surface area contributed by atoms with Crippen molar-refractivity contribution in [1.82, 2.24) is 4.90 Å². The summed E-state index contributed by atoms with van der Waals surface area (Å²) in [6, 6.07) is 3.50. The van der Waals surface area contributed by atoms with Crippen molar-refractivity contribution in [3.05, 3.63) is 29.6 Å². The second-order valence-electron chi connectivity index (χ2n) is 3.96. The number of rotatable bonds is 1. The molecule has 2 rings (SSSR count). The Bertz CT molecular complexity index is 422. The summed E-state index contributed by atoms with van der Waals surface area (Å²) < 4.78 is 13.4. The predicted molar refractivity (Wildman–Crippen MR) is 56.6 cm³/mol. The van der Waals surface area contributed by atoms with E-state index in [1.54, 1.807) is 0 Å². The SMILES string of the molecule is N[C@H]1CCN(C(=O)c2ccc(O)cc2F)C1. The molecule has 1 saturated heterocycles. The van der Waals surface area contributed by atoms with Crippen LogP contribution < -0.4 is 5.73 Å². The van der Waals surface area contributed by atoms with Gasteiger partial charge in [0.05, 0.1) is 5.56 Å². The largest absolute Gasteiger partial charge is 0.508 e. The van der Waals surface area contributed by atoms with Gasteiger partial charge in [-0.15, -0.1) is 0 Å². The highest BCUT2D eigenvalue weighted by molar-refractivity contribution is 5.94. The lowest BCUT2D eigenvalue weighted by Gasteiger charge is -2.16. The van der Waals surface area contributed by atoms with Crippen LogP contribution in [0.5, 0.6) is 5.75 Å². The number of phenolic OH excluding ortho intramolecular Hbond substituents is 1. The van der Waals surface area contributed by atoms with E-state index in [0.29, 0.717) is 13.1 Å². The molecule has 0 spiro atoms. The number of carbonyl (C=O) groups excluding carboxylic acids is 1. The number of phenols is 1. The molecule has 0 bridgehead atoms. The lowest BCUT2D eigenvalue weighted by Crippen LogP contribution is -2.32. The zero-order valence-electron chi connectivity index (χ0n) is 8.69. The quantitative estimate of drug-likeness (QED) is 0.738. The van der Waals surface area contributed by atoms with Crippen LogP contribution in [-0.4, -0.2) is 35.0 Å². The molecule has 0 aliphatic carbocycles. The highest BCUT2D eigenvalue weighted by atomic mass is 19.1. The van der Waals surface area contributed by atoms with Gasteiger partial charge in [-0.3, -0.25) is 4.79 Å². The molecule has 1 aliphatic heterocycles. The van der Waals surface area contributed by atoms with Gasteiger partial charge in [0, 0.05) is 25.2 Å². The van der Waals surface area contributed by atoms with Crippen molar-refractivity contribution >= 4 is 5.91 Å². The molecule has 0 aromatic heterocycles. The Labute approximate surface area is 92.5 Å². The summed E-state index contributed by atoms with van der Waals surface area (Å²) in [5.74, 6) is -1.26. The Hall–Kier alpha value is -1.62. The lowest BCUT2D eigenvalue weighted by atomic mass is 10.2. The zero-order chi connectivity index (χ0) is 11.7. The number of carbonyl (C=O) groups is 1. The molecule has 1 aromatic carbocycles. The van der Waals surface area contributed by atoms with Gasteiger partial charge in [-0.1, -0.05) is 0 Å². The van der Waals surface area contributed by atoms with Gasteiger partial charge in [-0.05, 0) is 18.6 Å². The number of benzene rings is 1. The fourth-order valence-electron chi connectivity index (χ4n) is 1.82. The number of amides is 1. The van der Waals surface area contributed by atoms with Crippen molar-refractivity contribution in [3.63, 3.8) is 0 Å². The van der Waals surface area contributed by atoms with Crippen molar-refractivity contribution in [2.24, 2.45) is 5.73 Å². The van der Waals surface area contributed by atoms with Crippen LogP contribution >= 0.6 is 0 Å². The van der Waals surface area contributed by atoms with Gasteiger partial charge in [0.1, 0.15) is 11.6 Å². The van der Waals surface area contributed by atoms with Gasteiger partial charge in [-0.2, -0.15) is 0 Å². The molecule has 1 atom stereocenters. The second-order valence-corrected chi connectivity index (χ2v) is 3.96. The first kappa shape index (κ1) is 10.9. The minimum absolute atomic E-state index is 0.0214. The Balaban J connectivity index is 2.21. The molecule has 3 N–H and O–H groups in total. The standard InChI is InChI=1S/C11H13FN2O2/c12-10-5-8(15)1-2-9(10)11(16)14-4-3-7(13)6-14/h1-2,5,7,15H,3-4,6,13H2/t7-/m0/s1. The first-order valence-electron chi connectivity index (χ1n) is 5.11. The van der Waals surface area contributed by atoms with Crippen LogP contribution in [0.15, 0.2) is 18.2 Å².